The summed E-state index contributed by atoms with van der Waals surface area (Å²) in [6.45, 7) is 3.81. The summed E-state index contributed by atoms with van der Waals surface area (Å²) in [4.78, 5) is 37.2. The monoisotopic (exact) mass is 366 g/mol. The Labute approximate surface area is 151 Å². The normalized spacial score (nSPS) is 11.5. The molecular weight excluding hydrogens is 342 g/mol. The smallest absolute Gasteiger partial charge is 0.315 e. The molecule has 0 saturated carbocycles. The van der Waals surface area contributed by atoms with E-state index in [4.69, 9.17) is 5.11 Å². The average molecular weight is 366 g/mol. The molecule has 1 aromatic heterocycles. The maximum absolute atomic E-state index is 12.7. The van der Waals surface area contributed by atoms with Crippen molar-refractivity contribution in [3.8, 4) is 0 Å². The van der Waals surface area contributed by atoms with Crippen LogP contribution in [-0.2, 0) is 4.79 Å². The molecule has 0 aliphatic heterocycles. The number of amides is 3. The minimum Gasteiger partial charge on any atom is -0.481 e. The van der Waals surface area contributed by atoms with Crippen LogP contribution >= 0.6 is 0 Å². The molecule has 0 bridgehead atoms. The summed E-state index contributed by atoms with van der Waals surface area (Å²) in [6.07, 6.45) is 3.66. The van der Waals surface area contributed by atoms with Crippen molar-refractivity contribution in [2.45, 2.75) is 45.1 Å². The fourth-order valence-corrected chi connectivity index (χ4v) is 2.03. The van der Waals surface area contributed by atoms with Gasteiger partial charge in [0, 0.05) is 25.2 Å². The highest BCUT2D eigenvalue weighted by Gasteiger charge is 2.09. The van der Waals surface area contributed by atoms with Crippen LogP contribution in [0.15, 0.2) is 18.3 Å². The summed E-state index contributed by atoms with van der Waals surface area (Å²) in [7, 11) is 0. The molecule has 143 valence electrons. The molecule has 1 heterocycles. The standard InChI is InChI=1S/C17H24FN4O4/c1-12(5-8-15(23)24)22-17(26)20-10-4-2-3-9-19-16(25)13-6-7-14(18)21-11-13/h6-7,10-12H,2-5,8-9H2,1H3,(H,19,25)(H,23,24)(H2,20,22,26)/i18-1. The van der Waals surface area contributed by atoms with E-state index in [0.717, 1.165) is 18.9 Å². The van der Waals surface area contributed by atoms with E-state index in [9.17, 15) is 18.8 Å². The second kappa shape index (κ2) is 11.8. The molecule has 8 nitrogen and oxygen atoms in total. The number of nitrogens with zero attached hydrogens (tertiary/aromatic N) is 1. The molecule has 9 heteroatoms. The molecule has 1 radical (unpaired) electrons. The third kappa shape index (κ3) is 9.55. The van der Waals surface area contributed by atoms with Crippen LogP contribution in [0.1, 0.15) is 49.4 Å². The van der Waals surface area contributed by atoms with Crippen molar-refractivity contribution in [2.24, 2.45) is 0 Å². The van der Waals surface area contributed by atoms with Crippen LogP contribution in [0, 0.1) is 12.5 Å². The second-order valence-corrected chi connectivity index (χ2v) is 5.78. The zero-order chi connectivity index (χ0) is 19.4. The van der Waals surface area contributed by atoms with Gasteiger partial charge in [-0.3, -0.25) is 9.59 Å². The zero-order valence-corrected chi connectivity index (χ0v) is 14.6. The number of carbonyl (C=O) groups excluding carboxylic acids is 2. The van der Waals surface area contributed by atoms with Gasteiger partial charge in [-0.25, -0.2) is 9.78 Å². The molecule has 3 amide bonds. The van der Waals surface area contributed by atoms with E-state index in [1.165, 1.54) is 12.3 Å². The summed E-state index contributed by atoms with van der Waals surface area (Å²) in [5, 5.41) is 16.5. The Morgan fingerprint density at radius 2 is 2.08 bits per heavy atom. The van der Waals surface area contributed by atoms with Crippen molar-refractivity contribution in [3.05, 3.63) is 36.4 Å². The van der Waals surface area contributed by atoms with Crippen molar-refractivity contribution < 1.29 is 23.9 Å². The first-order valence-corrected chi connectivity index (χ1v) is 8.38. The third-order valence-electron chi connectivity index (χ3n) is 3.45. The molecule has 0 aromatic carbocycles. The van der Waals surface area contributed by atoms with Crippen LogP contribution < -0.4 is 16.0 Å². The second-order valence-electron chi connectivity index (χ2n) is 5.78. The SMILES string of the molecule is CC(CCC(=O)O)NC(=O)N[CH]CCCCNC(=O)c1ccc([18F])nc1. The number of carboxylic acids is 1. The number of nitrogens with one attached hydrogen (secondary N) is 3. The van der Waals surface area contributed by atoms with Gasteiger partial charge >= 0.3 is 12.0 Å². The molecule has 0 aliphatic carbocycles. The number of halogens is 1. The van der Waals surface area contributed by atoms with Gasteiger partial charge in [0.2, 0.25) is 5.95 Å². The van der Waals surface area contributed by atoms with Crippen LogP contribution in [0.3, 0.4) is 0 Å². The minimum atomic E-state index is -0.895. The van der Waals surface area contributed by atoms with Gasteiger partial charge in [0.05, 0.1) is 12.1 Å². The van der Waals surface area contributed by atoms with Crippen LogP contribution in [0.2, 0.25) is 0 Å². The van der Waals surface area contributed by atoms with Gasteiger partial charge in [-0.2, -0.15) is 4.39 Å². The largest absolute Gasteiger partial charge is 0.481 e. The molecule has 4 N–H and O–H groups in total. The van der Waals surface area contributed by atoms with E-state index in [0.29, 0.717) is 24.9 Å². The van der Waals surface area contributed by atoms with Crippen LogP contribution in [0.25, 0.3) is 0 Å². The van der Waals surface area contributed by atoms with E-state index >= 15 is 0 Å². The van der Waals surface area contributed by atoms with Gasteiger partial charge < -0.3 is 21.1 Å². The Balaban J connectivity index is 2.03. The topological polar surface area (TPSA) is 120 Å². The fourth-order valence-electron chi connectivity index (χ4n) is 2.03. The van der Waals surface area contributed by atoms with Crippen molar-refractivity contribution in [2.75, 3.05) is 6.54 Å². The lowest BCUT2D eigenvalue weighted by Crippen LogP contribution is -2.39. The quantitative estimate of drug-likeness (QED) is 0.352. The number of urea groups is 1. The summed E-state index contributed by atoms with van der Waals surface area (Å²) in [6, 6.07) is 1.89. The predicted octanol–water partition coefficient (Wildman–Crippen LogP) is 1.84. The van der Waals surface area contributed by atoms with Gasteiger partial charge in [0.25, 0.3) is 5.91 Å². The number of aliphatic carboxylic acids is 1. The van der Waals surface area contributed by atoms with Crippen molar-refractivity contribution in [1.29, 1.82) is 0 Å². The lowest BCUT2D eigenvalue weighted by Gasteiger charge is -2.13. The zero-order valence-electron chi connectivity index (χ0n) is 14.6. The van der Waals surface area contributed by atoms with Crippen LogP contribution in [-0.4, -0.2) is 40.6 Å². The predicted molar refractivity (Wildman–Crippen MR) is 92.7 cm³/mol. The van der Waals surface area contributed by atoms with E-state index in [1.807, 2.05) is 0 Å². The molecule has 0 saturated heterocycles. The van der Waals surface area contributed by atoms with E-state index < -0.39 is 11.9 Å². The number of hydrogen-bond donors (Lipinski definition) is 4. The van der Waals surface area contributed by atoms with Gasteiger partial charge in [-0.15, -0.1) is 0 Å². The third-order valence-corrected chi connectivity index (χ3v) is 3.45. The van der Waals surface area contributed by atoms with Crippen LogP contribution in [0.4, 0.5) is 9.18 Å². The Bertz CT molecular complexity index is 595. The van der Waals surface area contributed by atoms with Crippen molar-refractivity contribution in [3.63, 3.8) is 0 Å². The number of rotatable bonds is 11. The molecule has 0 spiro atoms. The summed E-state index contributed by atoms with van der Waals surface area (Å²) < 4.78 is 12.7. The van der Waals surface area contributed by atoms with E-state index in [1.54, 1.807) is 13.5 Å². The first-order chi connectivity index (χ1) is 12.4. The molecule has 1 unspecified atom stereocenters. The highest BCUT2D eigenvalue weighted by molar-refractivity contribution is 5.93. The van der Waals surface area contributed by atoms with Crippen LogP contribution in [0.5, 0.6) is 0 Å². The van der Waals surface area contributed by atoms with Gasteiger partial charge in [-0.1, -0.05) is 0 Å². The summed E-state index contributed by atoms with van der Waals surface area (Å²) >= 11 is 0. The Kier molecular flexibility index (Phi) is 9.66. The molecule has 1 atom stereocenters. The maximum Gasteiger partial charge on any atom is 0.315 e. The number of aromatic nitrogens is 1. The number of carbonyl (C=O) groups is 3. The molecule has 26 heavy (non-hydrogen) atoms. The highest BCUT2D eigenvalue weighted by Crippen LogP contribution is 2.00. The summed E-state index contributed by atoms with van der Waals surface area (Å²) in [5.41, 5.74) is 0.299. The molecular formula is C17H24FN4O4. The number of hydrogen-bond acceptors (Lipinski definition) is 4. The first kappa shape index (κ1) is 21.3. The van der Waals surface area contributed by atoms with E-state index in [2.05, 4.69) is 20.9 Å². The number of carboxylic acid groups (broad SMARTS) is 1. The lowest BCUT2D eigenvalue weighted by molar-refractivity contribution is -0.137. The first-order valence-electron chi connectivity index (χ1n) is 8.38. The molecule has 1 aromatic rings. The van der Waals surface area contributed by atoms with Crippen molar-refractivity contribution >= 4 is 17.9 Å². The van der Waals surface area contributed by atoms with Crippen molar-refractivity contribution in [1.82, 2.24) is 20.9 Å². The average Bonchev–Trinajstić information content (AvgIpc) is 2.59. The van der Waals surface area contributed by atoms with Gasteiger partial charge in [0.15, 0.2) is 0 Å². The number of pyridine rings is 1. The highest BCUT2D eigenvalue weighted by atomic mass is 18.2. The molecule has 1 rings (SSSR count). The maximum atomic E-state index is 12.7. The fraction of sp³-hybridized carbons (Fsp3) is 0.471. The summed E-state index contributed by atoms with van der Waals surface area (Å²) in [5.74, 6) is -1.84. The number of unbranched alkanes of at least 4 members (excludes halogenated alkanes) is 2. The Morgan fingerprint density at radius 1 is 1.31 bits per heavy atom. The Morgan fingerprint density at radius 3 is 2.73 bits per heavy atom. The Hall–Kier alpha value is -2.71. The minimum absolute atomic E-state index is 0.00483. The van der Waals surface area contributed by atoms with Gasteiger partial charge in [-0.05, 0) is 44.7 Å². The molecule has 0 aliphatic rings. The molecule has 0 fully saturated rings. The van der Waals surface area contributed by atoms with E-state index in [-0.39, 0.29) is 24.4 Å². The van der Waals surface area contributed by atoms with Gasteiger partial charge in [0.1, 0.15) is 0 Å². The lowest BCUT2D eigenvalue weighted by atomic mass is 10.2.